The van der Waals surface area contributed by atoms with E-state index < -0.39 is 5.82 Å². The molecule has 0 aromatic carbocycles. The monoisotopic (exact) mass is 303 g/mol. The highest BCUT2D eigenvalue weighted by atomic mass is 32.1. The summed E-state index contributed by atoms with van der Waals surface area (Å²) in [5.74, 6) is 4.72. The third-order valence-corrected chi connectivity index (χ3v) is 3.63. The van der Waals surface area contributed by atoms with Gasteiger partial charge in [0.2, 0.25) is 0 Å². The highest BCUT2D eigenvalue weighted by molar-refractivity contribution is 7.10. The lowest BCUT2D eigenvalue weighted by molar-refractivity contribution is 0.0780. The molecule has 0 bridgehead atoms. The van der Waals surface area contributed by atoms with Gasteiger partial charge >= 0.3 is 0 Å². The fourth-order valence-corrected chi connectivity index (χ4v) is 2.53. The van der Waals surface area contributed by atoms with E-state index in [2.05, 4.69) is 16.8 Å². The van der Waals surface area contributed by atoms with Crippen molar-refractivity contribution < 1.29 is 9.18 Å². The second-order valence-corrected chi connectivity index (χ2v) is 5.25. The first-order valence-corrected chi connectivity index (χ1v) is 7.11. The van der Waals surface area contributed by atoms with Crippen LogP contribution in [0.25, 0.3) is 0 Å². The largest absolute Gasteiger partial charge is 0.337 e. The predicted octanol–water partition coefficient (Wildman–Crippen LogP) is 1.86. The van der Waals surface area contributed by atoms with Crippen LogP contribution >= 0.6 is 11.3 Å². The number of thiophene rings is 1. The van der Waals surface area contributed by atoms with E-state index in [1.54, 1.807) is 7.05 Å². The van der Waals surface area contributed by atoms with Crippen LogP contribution in [0.4, 0.5) is 4.39 Å². The summed E-state index contributed by atoms with van der Waals surface area (Å²) in [5, 5.41) is 1.92. The molecule has 2 aromatic heterocycles. The van der Waals surface area contributed by atoms with E-state index in [0.717, 1.165) is 16.6 Å². The van der Waals surface area contributed by atoms with Crippen LogP contribution in [0.1, 0.15) is 20.8 Å². The first kappa shape index (κ1) is 15.2. The molecule has 2 rings (SSSR count). The maximum atomic E-state index is 13.5. The smallest absolute Gasteiger partial charge is 0.256 e. The lowest BCUT2D eigenvalue weighted by Gasteiger charge is -2.16. The summed E-state index contributed by atoms with van der Waals surface area (Å²) in [6.07, 6.45) is 2.43. The van der Waals surface area contributed by atoms with Crippen molar-refractivity contribution in [2.75, 3.05) is 13.6 Å². The molecule has 0 atom stereocenters. The molecule has 0 fully saturated rings. The van der Waals surface area contributed by atoms with Crippen molar-refractivity contribution in [2.45, 2.75) is 6.54 Å². The summed E-state index contributed by atoms with van der Waals surface area (Å²) in [6, 6.07) is 3.28. The Balaban J connectivity index is 2.07. The molecule has 2 heterocycles. The lowest BCUT2D eigenvalue weighted by Crippen LogP contribution is -2.26. The van der Waals surface area contributed by atoms with Gasteiger partial charge in [-0.2, -0.15) is 0 Å². The van der Waals surface area contributed by atoms with Crippen LogP contribution in [-0.2, 0) is 6.54 Å². The van der Waals surface area contributed by atoms with Crippen molar-refractivity contribution in [3.63, 3.8) is 0 Å². The summed E-state index contributed by atoms with van der Waals surface area (Å²) in [7, 11) is 1.63. The van der Waals surface area contributed by atoms with E-state index in [0.29, 0.717) is 13.1 Å². The molecule has 2 aromatic rings. The second-order valence-electron chi connectivity index (χ2n) is 4.34. The van der Waals surface area contributed by atoms with Crippen LogP contribution in [0.15, 0.2) is 29.9 Å². The molecule has 0 spiro atoms. The maximum Gasteiger partial charge on any atom is 0.256 e. The summed E-state index contributed by atoms with van der Waals surface area (Å²) in [6.45, 7) is 0.703. The van der Waals surface area contributed by atoms with Crippen molar-refractivity contribution in [3.05, 3.63) is 51.7 Å². The van der Waals surface area contributed by atoms with E-state index in [1.807, 2.05) is 11.4 Å². The summed E-state index contributed by atoms with van der Waals surface area (Å²) < 4.78 is 13.5. The van der Waals surface area contributed by atoms with Gasteiger partial charge in [0.25, 0.3) is 5.91 Å². The van der Waals surface area contributed by atoms with Crippen LogP contribution in [-0.4, -0.2) is 29.4 Å². The van der Waals surface area contributed by atoms with E-state index >= 15 is 0 Å². The SMILES string of the molecule is CN(Cc1csc(C#CCN)c1)C(=O)c1ccncc1F. The molecule has 2 N–H and O–H groups in total. The Morgan fingerprint density at radius 3 is 3.10 bits per heavy atom. The molecule has 21 heavy (non-hydrogen) atoms. The highest BCUT2D eigenvalue weighted by Crippen LogP contribution is 2.16. The molecule has 1 amide bonds. The van der Waals surface area contributed by atoms with Gasteiger partial charge in [0.15, 0.2) is 5.82 Å². The number of carbonyl (C=O) groups excluding carboxylic acids is 1. The van der Waals surface area contributed by atoms with Gasteiger partial charge in [-0.25, -0.2) is 4.39 Å². The van der Waals surface area contributed by atoms with Crippen molar-refractivity contribution in [3.8, 4) is 11.8 Å². The minimum absolute atomic E-state index is 0.0193. The predicted molar refractivity (Wildman–Crippen MR) is 80.2 cm³/mol. The van der Waals surface area contributed by atoms with Gasteiger partial charge in [0.05, 0.1) is 23.2 Å². The average Bonchev–Trinajstić information content (AvgIpc) is 2.92. The van der Waals surface area contributed by atoms with Crippen molar-refractivity contribution in [2.24, 2.45) is 5.73 Å². The lowest BCUT2D eigenvalue weighted by atomic mass is 10.2. The van der Waals surface area contributed by atoms with E-state index in [1.165, 1.54) is 28.5 Å². The summed E-state index contributed by atoms with van der Waals surface area (Å²) in [4.78, 5) is 18.2. The molecule has 0 aliphatic heterocycles. The Morgan fingerprint density at radius 1 is 1.57 bits per heavy atom. The van der Waals surface area contributed by atoms with Crippen LogP contribution in [0.2, 0.25) is 0 Å². The van der Waals surface area contributed by atoms with Crippen LogP contribution in [0.5, 0.6) is 0 Å². The standard InChI is InChI=1S/C15H14FN3OS/c1-19(15(20)13-4-6-18-8-14(13)16)9-11-7-12(21-10-11)3-2-5-17/h4,6-8,10H,5,9,17H2,1H3. The van der Waals surface area contributed by atoms with Gasteiger partial charge in [-0.15, -0.1) is 11.3 Å². The molecule has 0 radical (unpaired) electrons. The highest BCUT2D eigenvalue weighted by Gasteiger charge is 2.16. The van der Waals surface area contributed by atoms with Crippen molar-refractivity contribution in [1.82, 2.24) is 9.88 Å². The van der Waals surface area contributed by atoms with Gasteiger partial charge in [-0.05, 0) is 23.1 Å². The number of hydrogen-bond acceptors (Lipinski definition) is 4. The van der Waals surface area contributed by atoms with Gasteiger partial charge < -0.3 is 10.6 Å². The quantitative estimate of drug-likeness (QED) is 0.881. The third kappa shape index (κ3) is 3.88. The fraction of sp³-hybridized carbons (Fsp3) is 0.200. The minimum Gasteiger partial charge on any atom is -0.337 e. The van der Waals surface area contributed by atoms with E-state index in [-0.39, 0.29) is 11.5 Å². The zero-order chi connectivity index (χ0) is 15.2. The van der Waals surface area contributed by atoms with Crippen LogP contribution in [0.3, 0.4) is 0 Å². The molecule has 0 unspecified atom stereocenters. The van der Waals surface area contributed by atoms with Crippen LogP contribution < -0.4 is 5.73 Å². The number of rotatable bonds is 3. The Hall–Kier alpha value is -2.23. The summed E-state index contributed by atoms with van der Waals surface area (Å²) >= 11 is 1.49. The normalized spacial score (nSPS) is 9.86. The summed E-state index contributed by atoms with van der Waals surface area (Å²) in [5.41, 5.74) is 6.29. The number of nitrogens with two attached hydrogens (primary N) is 1. The molecular formula is C15H14FN3OS. The molecule has 108 valence electrons. The number of hydrogen-bond donors (Lipinski definition) is 1. The number of halogens is 1. The molecule has 0 aliphatic carbocycles. The minimum atomic E-state index is -0.617. The average molecular weight is 303 g/mol. The molecular weight excluding hydrogens is 289 g/mol. The first-order chi connectivity index (χ1) is 10.1. The molecule has 0 saturated heterocycles. The maximum absolute atomic E-state index is 13.5. The second kappa shape index (κ2) is 6.97. The number of aromatic nitrogens is 1. The Morgan fingerprint density at radius 2 is 2.38 bits per heavy atom. The molecule has 4 nitrogen and oxygen atoms in total. The van der Waals surface area contributed by atoms with Crippen molar-refractivity contribution >= 4 is 17.2 Å². The molecule has 0 aliphatic rings. The van der Waals surface area contributed by atoms with Crippen LogP contribution in [0, 0.1) is 17.7 Å². The fourth-order valence-electron chi connectivity index (χ4n) is 1.76. The topological polar surface area (TPSA) is 59.2 Å². The number of pyridine rings is 1. The van der Waals surface area contributed by atoms with Gasteiger partial charge in [-0.3, -0.25) is 9.78 Å². The van der Waals surface area contributed by atoms with Gasteiger partial charge in [-0.1, -0.05) is 11.8 Å². The number of carbonyl (C=O) groups is 1. The molecule has 0 saturated carbocycles. The zero-order valence-corrected chi connectivity index (χ0v) is 12.3. The molecule has 6 heteroatoms. The van der Waals surface area contributed by atoms with Gasteiger partial charge in [0, 0.05) is 19.8 Å². The van der Waals surface area contributed by atoms with Gasteiger partial charge in [0.1, 0.15) is 0 Å². The third-order valence-electron chi connectivity index (χ3n) is 2.74. The Kier molecular flexibility index (Phi) is 5.04. The first-order valence-electron chi connectivity index (χ1n) is 6.23. The zero-order valence-electron chi connectivity index (χ0n) is 11.5. The number of nitrogens with zero attached hydrogens (tertiary/aromatic N) is 2. The van der Waals surface area contributed by atoms with E-state index in [9.17, 15) is 9.18 Å². The Labute approximate surface area is 126 Å². The van der Waals surface area contributed by atoms with E-state index in [4.69, 9.17) is 5.73 Å². The van der Waals surface area contributed by atoms with Crippen molar-refractivity contribution in [1.29, 1.82) is 0 Å². The number of amides is 1. The Bertz CT molecular complexity index is 702.